The van der Waals surface area contributed by atoms with E-state index in [1.54, 1.807) is 57.2 Å². The number of nitrogens with zero attached hydrogens (tertiary/aromatic N) is 1. The summed E-state index contributed by atoms with van der Waals surface area (Å²) in [6.45, 7) is 5.08. The van der Waals surface area contributed by atoms with Crippen molar-refractivity contribution in [3.8, 4) is 17.2 Å². The number of Topliss-reactive ketones (excluding diaryl/α,β-unsaturated/α-hetero) is 1. The van der Waals surface area contributed by atoms with Gasteiger partial charge < -0.3 is 24.6 Å². The molecule has 3 rings (SSSR count). The topological polar surface area (TPSA) is 182 Å². The summed E-state index contributed by atoms with van der Waals surface area (Å²) in [5, 5.41) is 23.1. The first kappa shape index (κ1) is 35.3. The summed E-state index contributed by atoms with van der Waals surface area (Å²) < 4.78 is 42.6. The minimum Gasteiger partial charge on any atom is -0.493 e. The van der Waals surface area contributed by atoms with Crippen molar-refractivity contribution in [2.75, 3.05) is 27.6 Å². The Morgan fingerprint density at radius 2 is 1.56 bits per heavy atom. The third-order valence-corrected chi connectivity index (χ3v) is 8.52. The number of hydrogen-bond donors (Lipinski definition) is 4. The highest BCUT2D eigenvalue weighted by molar-refractivity contribution is 7.89. The summed E-state index contributed by atoms with van der Waals surface area (Å²) in [5.74, 6) is -2.81. The molecular formula is C31H41N3O10S. The van der Waals surface area contributed by atoms with Gasteiger partial charge in [0.05, 0.1) is 45.1 Å². The van der Waals surface area contributed by atoms with Gasteiger partial charge in [-0.1, -0.05) is 39.0 Å². The zero-order chi connectivity index (χ0) is 33.7. The Morgan fingerprint density at radius 1 is 0.956 bits per heavy atom. The Hall–Kier alpha value is -4.14. The molecule has 1 heterocycles. The van der Waals surface area contributed by atoms with Crippen LogP contribution in [0.3, 0.4) is 0 Å². The van der Waals surface area contributed by atoms with Gasteiger partial charge in [-0.3, -0.25) is 19.6 Å². The Labute approximate surface area is 262 Å². The Bertz CT molecular complexity index is 1630. The van der Waals surface area contributed by atoms with E-state index < -0.39 is 51.1 Å². The van der Waals surface area contributed by atoms with Crippen molar-refractivity contribution < 1.29 is 47.3 Å². The molecule has 0 radical (unpaired) electrons. The molecule has 3 atom stereocenters. The molecular weight excluding hydrogens is 606 g/mol. The third kappa shape index (κ3) is 7.93. The number of aryl methyl sites for hydroxylation is 1. The number of ketones is 1. The van der Waals surface area contributed by atoms with Gasteiger partial charge in [-0.2, -0.15) is 0 Å². The molecule has 2 amide bonds. The predicted molar refractivity (Wildman–Crippen MR) is 166 cm³/mol. The summed E-state index contributed by atoms with van der Waals surface area (Å²) >= 11 is 0. The average molecular weight is 648 g/mol. The molecule has 246 valence electrons. The highest BCUT2D eigenvalue weighted by Crippen LogP contribution is 2.38. The number of aliphatic hydroxyl groups is 1. The van der Waals surface area contributed by atoms with Gasteiger partial charge in [0, 0.05) is 5.39 Å². The summed E-state index contributed by atoms with van der Waals surface area (Å²) in [4.78, 5) is 40.0. The van der Waals surface area contributed by atoms with Crippen molar-refractivity contribution in [1.82, 2.24) is 14.8 Å². The number of rotatable bonds is 14. The van der Waals surface area contributed by atoms with Crippen LogP contribution in [0.25, 0.3) is 10.9 Å². The van der Waals surface area contributed by atoms with Crippen LogP contribution in [0.2, 0.25) is 0 Å². The summed E-state index contributed by atoms with van der Waals surface area (Å²) in [7, 11) is 0.509. The molecule has 14 heteroatoms. The molecule has 0 saturated heterocycles. The van der Waals surface area contributed by atoms with Gasteiger partial charge in [0.1, 0.15) is 11.8 Å². The highest BCUT2D eigenvalue weighted by Gasteiger charge is 2.40. The number of hydrogen-bond acceptors (Lipinski definition) is 10. The number of ether oxygens (including phenoxy) is 3. The maximum atomic E-state index is 14.0. The SMILES string of the molecule is COc1cc(CCC[C@H](C(=O)N[C@H](C(=O)c2cc3ccccc3n2S(C)(=O)=O)C(C)(C)C)[C@H](O)C(=O)NO)cc(OC)c1OC. The second kappa shape index (κ2) is 14.3. The second-order valence-corrected chi connectivity index (χ2v) is 13.6. The molecule has 0 aliphatic heterocycles. The fraction of sp³-hybridized carbons (Fsp3) is 0.452. The van der Waals surface area contributed by atoms with E-state index in [2.05, 4.69) is 5.32 Å². The van der Waals surface area contributed by atoms with Gasteiger partial charge in [0.15, 0.2) is 11.5 Å². The van der Waals surface area contributed by atoms with Gasteiger partial charge in [-0.25, -0.2) is 17.9 Å². The predicted octanol–water partition coefficient (Wildman–Crippen LogP) is 2.69. The van der Waals surface area contributed by atoms with E-state index in [-0.39, 0.29) is 12.1 Å². The lowest BCUT2D eigenvalue weighted by Gasteiger charge is -2.32. The first-order chi connectivity index (χ1) is 21.1. The van der Waals surface area contributed by atoms with Crippen LogP contribution >= 0.6 is 0 Å². The van der Waals surface area contributed by atoms with Crippen molar-refractivity contribution in [3.05, 3.63) is 53.7 Å². The van der Waals surface area contributed by atoms with E-state index in [9.17, 15) is 33.1 Å². The van der Waals surface area contributed by atoms with E-state index in [4.69, 9.17) is 14.2 Å². The van der Waals surface area contributed by atoms with Gasteiger partial charge in [0.25, 0.3) is 5.91 Å². The fourth-order valence-electron chi connectivity index (χ4n) is 5.22. The molecule has 4 N–H and O–H groups in total. The Balaban J connectivity index is 1.93. The van der Waals surface area contributed by atoms with Crippen LogP contribution < -0.4 is 25.0 Å². The zero-order valence-electron chi connectivity index (χ0n) is 26.4. The molecule has 0 fully saturated rings. The number of benzene rings is 2. The Morgan fingerprint density at radius 3 is 2.07 bits per heavy atom. The molecule has 45 heavy (non-hydrogen) atoms. The molecule has 0 aliphatic rings. The number of methoxy groups -OCH3 is 3. The minimum atomic E-state index is -3.93. The zero-order valence-corrected chi connectivity index (χ0v) is 27.2. The molecule has 0 spiro atoms. The van der Waals surface area contributed by atoms with Crippen LogP contribution in [0, 0.1) is 11.3 Å². The van der Waals surface area contributed by atoms with Crippen molar-refractivity contribution in [1.29, 1.82) is 0 Å². The number of hydroxylamine groups is 1. The average Bonchev–Trinajstić information content (AvgIpc) is 3.40. The summed E-state index contributed by atoms with van der Waals surface area (Å²) in [6.07, 6.45) is -0.318. The van der Waals surface area contributed by atoms with E-state index >= 15 is 0 Å². The number of aromatic nitrogens is 1. The first-order valence-electron chi connectivity index (χ1n) is 14.2. The number of fused-ring (bicyclic) bond motifs is 1. The fourth-order valence-corrected chi connectivity index (χ4v) is 6.24. The lowest BCUT2D eigenvalue weighted by atomic mass is 9.82. The van der Waals surface area contributed by atoms with Crippen LogP contribution in [0.15, 0.2) is 42.5 Å². The number of amides is 2. The lowest BCUT2D eigenvalue weighted by Crippen LogP contribution is -2.54. The quantitative estimate of drug-likeness (QED) is 0.115. The van der Waals surface area contributed by atoms with Crippen LogP contribution in [0.4, 0.5) is 0 Å². The van der Waals surface area contributed by atoms with Gasteiger partial charge in [-0.15, -0.1) is 0 Å². The number of carbonyl (C=O) groups excluding carboxylic acids is 3. The normalized spacial score (nSPS) is 13.9. The lowest BCUT2D eigenvalue weighted by molar-refractivity contribution is -0.146. The van der Waals surface area contributed by atoms with Crippen LogP contribution in [0.1, 0.15) is 49.7 Å². The standard InChI is InChI=1S/C31H41N3O10S/c1-31(2,3)28(26(36)22-17-19-12-8-9-14-21(19)34(22)45(7,40)41)32-29(37)20(25(35)30(38)33-39)13-10-11-18-15-23(42-4)27(44-6)24(16-18)43-5/h8-9,12,14-17,20,25,28,35,39H,10-11,13H2,1-7H3,(H,32,37)(H,33,38)/t20-,25-,28+/m0/s1. The largest absolute Gasteiger partial charge is 0.493 e. The van der Waals surface area contributed by atoms with E-state index in [1.165, 1.54) is 32.9 Å². The van der Waals surface area contributed by atoms with Crippen molar-refractivity contribution in [3.63, 3.8) is 0 Å². The molecule has 0 saturated carbocycles. The minimum absolute atomic E-state index is 0.0221. The van der Waals surface area contributed by atoms with Crippen molar-refractivity contribution in [2.45, 2.75) is 52.2 Å². The monoisotopic (exact) mass is 647 g/mol. The molecule has 0 bridgehead atoms. The Kier molecular flexibility index (Phi) is 11.2. The van der Waals surface area contributed by atoms with Crippen LogP contribution in [0.5, 0.6) is 17.2 Å². The van der Waals surface area contributed by atoms with E-state index in [0.717, 1.165) is 15.8 Å². The summed E-state index contributed by atoms with van der Waals surface area (Å²) in [6, 6.07) is 10.3. The third-order valence-electron chi connectivity index (χ3n) is 7.47. The molecule has 1 aromatic heterocycles. The van der Waals surface area contributed by atoms with Gasteiger partial charge in [0.2, 0.25) is 27.5 Å². The highest BCUT2D eigenvalue weighted by atomic mass is 32.2. The smallest absolute Gasteiger partial charge is 0.272 e. The van der Waals surface area contributed by atoms with E-state index in [0.29, 0.717) is 41.0 Å². The molecule has 0 aliphatic carbocycles. The maximum absolute atomic E-state index is 14.0. The second-order valence-electron chi connectivity index (χ2n) is 11.7. The maximum Gasteiger partial charge on any atom is 0.272 e. The van der Waals surface area contributed by atoms with Crippen LogP contribution in [-0.4, -0.2) is 80.0 Å². The van der Waals surface area contributed by atoms with Gasteiger partial charge in [-0.05, 0) is 54.5 Å². The molecule has 0 unspecified atom stereocenters. The van der Waals surface area contributed by atoms with Gasteiger partial charge >= 0.3 is 0 Å². The molecule has 13 nitrogen and oxygen atoms in total. The molecule has 2 aromatic carbocycles. The number of aliphatic hydroxyl groups excluding tert-OH is 1. The number of carbonyl (C=O) groups is 3. The number of para-hydroxylation sites is 1. The van der Waals surface area contributed by atoms with Crippen molar-refractivity contribution in [2.24, 2.45) is 11.3 Å². The van der Waals surface area contributed by atoms with Crippen LogP contribution in [-0.2, 0) is 26.0 Å². The summed E-state index contributed by atoms with van der Waals surface area (Å²) in [5.41, 5.74) is 1.37. The van der Waals surface area contributed by atoms with E-state index in [1.807, 2.05) is 0 Å². The first-order valence-corrected chi connectivity index (χ1v) is 16.0. The molecule has 3 aromatic rings. The van der Waals surface area contributed by atoms with Crippen molar-refractivity contribution >= 4 is 38.5 Å². The number of nitrogens with one attached hydrogen (secondary N) is 2.